The Balaban J connectivity index is 1.88. The predicted octanol–water partition coefficient (Wildman–Crippen LogP) is 2.76. The molecule has 1 saturated heterocycles. The van der Waals surface area contributed by atoms with Crippen LogP contribution in [-0.4, -0.2) is 36.3 Å². The monoisotopic (exact) mass is 393 g/mol. The summed E-state index contributed by atoms with van der Waals surface area (Å²) in [6, 6.07) is 5.19. The summed E-state index contributed by atoms with van der Waals surface area (Å²) in [6.45, 7) is 1.97. The molecule has 0 saturated carbocycles. The van der Waals surface area contributed by atoms with Crippen LogP contribution in [0.15, 0.2) is 22.7 Å². The number of halogens is 4. The number of piperidine rings is 1. The summed E-state index contributed by atoms with van der Waals surface area (Å²) >= 11 is 3.35. The van der Waals surface area contributed by atoms with E-state index in [2.05, 4.69) is 26.1 Å². The van der Waals surface area contributed by atoms with Gasteiger partial charge in [0.1, 0.15) is 0 Å². The van der Waals surface area contributed by atoms with Crippen molar-refractivity contribution in [2.45, 2.75) is 31.6 Å². The van der Waals surface area contributed by atoms with Crippen LogP contribution in [0, 0.1) is 0 Å². The molecule has 1 N–H and O–H groups in total. The zero-order chi connectivity index (χ0) is 16.6. The highest BCUT2D eigenvalue weighted by Crippen LogP contribution is 2.37. The van der Waals surface area contributed by atoms with Crippen molar-refractivity contribution in [1.82, 2.24) is 10.3 Å². The highest BCUT2D eigenvalue weighted by Gasteiger charge is 2.45. The van der Waals surface area contributed by atoms with Gasteiger partial charge in [0.2, 0.25) is 0 Å². The van der Waals surface area contributed by atoms with Crippen LogP contribution < -0.4 is 10.5 Å². The van der Waals surface area contributed by atoms with E-state index in [0.29, 0.717) is 12.2 Å². The number of hydrogen-bond acceptors (Lipinski definition) is 5. The molecule has 3 rings (SSSR count). The maximum atomic E-state index is 12.6. The lowest BCUT2D eigenvalue weighted by Crippen LogP contribution is -2.50. The van der Waals surface area contributed by atoms with E-state index in [-0.39, 0.29) is 6.04 Å². The van der Waals surface area contributed by atoms with Crippen molar-refractivity contribution >= 4 is 27.6 Å². The quantitative estimate of drug-likeness (QED) is 0.836. The lowest BCUT2D eigenvalue weighted by molar-refractivity contribution is -0.207. The van der Waals surface area contributed by atoms with Crippen LogP contribution in [0.2, 0.25) is 0 Å². The smallest absolute Gasteiger partial charge is 0.317 e. The molecule has 0 atom stereocenters. The molecule has 5 nitrogen and oxygen atoms in total. The van der Waals surface area contributed by atoms with Crippen molar-refractivity contribution < 1.29 is 22.8 Å². The third-order valence-electron chi connectivity index (χ3n) is 3.94. The Morgan fingerprint density at radius 1 is 1.30 bits per heavy atom. The topological polar surface area (TPSA) is 44.8 Å². The zero-order valence-electron chi connectivity index (χ0n) is 12.1. The van der Waals surface area contributed by atoms with E-state index in [4.69, 9.17) is 0 Å². The third-order valence-corrected chi connectivity index (χ3v) is 4.44. The van der Waals surface area contributed by atoms with Gasteiger partial charge in [-0.05, 0) is 49.7 Å². The largest absolute Gasteiger partial charge is 0.493 e. The minimum absolute atomic E-state index is 0.0171. The number of hydrogen-bond donors (Lipinski definition) is 1. The van der Waals surface area contributed by atoms with Crippen LogP contribution in [-0.2, 0) is 16.2 Å². The number of fused-ring (bicyclic) bond motifs is 1. The Labute approximate surface area is 139 Å². The van der Waals surface area contributed by atoms with E-state index in [1.165, 1.54) is 0 Å². The van der Waals surface area contributed by atoms with Gasteiger partial charge < -0.3 is 10.2 Å². The molecule has 0 bridgehead atoms. The van der Waals surface area contributed by atoms with Gasteiger partial charge in [-0.25, -0.2) is 4.79 Å². The van der Waals surface area contributed by atoms with Gasteiger partial charge in [-0.2, -0.15) is 18.2 Å². The van der Waals surface area contributed by atoms with E-state index in [1.807, 2.05) is 6.07 Å². The number of anilines is 1. The van der Waals surface area contributed by atoms with Crippen LogP contribution in [0.1, 0.15) is 18.4 Å². The molecule has 0 aromatic heterocycles. The number of rotatable bonds is 2. The average Bonchev–Trinajstić information content (AvgIpc) is 2.85. The lowest BCUT2D eigenvalue weighted by Gasteiger charge is -2.36. The average molecular weight is 394 g/mol. The van der Waals surface area contributed by atoms with Crippen molar-refractivity contribution in [1.29, 1.82) is 0 Å². The van der Waals surface area contributed by atoms with Gasteiger partial charge in [0.25, 0.3) is 0 Å². The molecular weight excluding hydrogens is 379 g/mol. The molecule has 0 unspecified atom stereocenters. The molecule has 2 heterocycles. The first kappa shape index (κ1) is 16.5. The number of hydrazine groups is 1. The highest BCUT2D eigenvalue weighted by atomic mass is 79.9. The lowest BCUT2D eigenvalue weighted by atomic mass is 10.1. The molecular formula is C14H15BrF3N3O2. The molecule has 0 aliphatic carbocycles. The van der Waals surface area contributed by atoms with E-state index in [1.54, 1.807) is 17.1 Å². The Hall–Kier alpha value is -1.32. The summed E-state index contributed by atoms with van der Waals surface area (Å²) in [5.74, 6) is -2.22. The number of benzene rings is 1. The van der Waals surface area contributed by atoms with Gasteiger partial charge in [0.15, 0.2) is 0 Å². The van der Waals surface area contributed by atoms with E-state index < -0.39 is 12.1 Å². The number of alkyl halides is 3. The molecule has 1 fully saturated rings. The van der Waals surface area contributed by atoms with Gasteiger partial charge in [-0.3, -0.25) is 0 Å². The summed E-state index contributed by atoms with van der Waals surface area (Å²) < 4.78 is 38.5. The number of nitrogens with one attached hydrogen (secondary N) is 1. The predicted molar refractivity (Wildman–Crippen MR) is 80.2 cm³/mol. The standard InChI is InChI=1S/C14H15BrF3N3O2/c15-10-1-2-12-9(7-10)8-20(11-3-5-19-6-4-11)21(12)23-13(22)14(16,17)18/h1-2,7,11,19H,3-6,8H2. The fourth-order valence-electron chi connectivity index (χ4n) is 2.86. The maximum absolute atomic E-state index is 12.6. The molecule has 2 aliphatic rings. The van der Waals surface area contributed by atoms with E-state index in [0.717, 1.165) is 41.1 Å². The van der Waals surface area contributed by atoms with Crippen molar-refractivity contribution in [3.63, 3.8) is 0 Å². The molecule has 23 heavy (non-hydrogen) atoms. The van der Waals surface area contributed by atoms with Crippen molar-refractivity contribution in [3.05, 3.63) is 28.2 Å². The normalized spacial score (nSPS) is 19.7. The second-order valence-corrected chi connectivity index (χ2v) is 6.42. The van der Waals surface area contributed by atoms with Crippen LogP contribution in [0.3, 0.4) is 0 Å². The highest BCUT2D eigenvalue weighted by molar-refractivity contribution is 9.10. The number of nitrogens with zero attached hydrogens (tertiary/aromatic N) is 2. The molecule has 0 spiro atoms. The minimum Gasteiger partial charge on any atom is -0.317 e. The van der Waals surface area contributed by atoms with Crippen LogP contribution in [0.4, 0.5) is 18.9 Å². The summed E-state index contributed by atoms with van der Waals surface area (Å²) in [4.78, 5) is 16.0. The first-order chi connectivity index (χ1) is 10.9. The van der Waals surface area contributed by atoms with Crippen molar-refractivity contribution in [2.75, 3.05) is 18.3 Å². The van der Waals surface area contributed by atoms with Crippen molar-refractivity contribution in [2.24, 2.45) is 0 Å². The fraction of sp³-hybridized carbons (Fsp3) is 0.500. The number of carbonyl (C=O) groups is 1. The Bertz CT molecular complexity index is 605. The van der Waals surface area contributed by atoms with Gasteiger partial charge in [-0.1, -0.05) is 15.9 Å². The molecule has 1 aromatic rings. The molecule has 1 aromatic carbocycles. The molecule has 2 aliphatic heterocycles. The Morgan fingerprint density at radius 3 is 2.65 bits per heavy atom. The van der Waals surface area contributed by atoms with E-state index >= 15 is 0 Å². The van der Waals surface area contributed by atoms with Gasteiger partial charge in [0.05, 0.1) is 5.69 Å². The van der Waals surface area contributed by atoms with Gasteiger partial charge in [-0.15, -0.1) is 5.17 Å². The molecule has 0 radical (unpaired) electrons. The van der Waals surface area contributed by atoms with Gasteiger partial charge in [0, 0.05) is 17.1 Å². The Kier molecular flexibility index (Phi) is 4.52. The minimum atomic E-state index is -5.03. The van der Waals surface area contributed by atoms with Crippen LogP contribution in [0.25, 0.3) is 0 Å². The molecule has 126 valence electrons. The first-order valence-electron chi connectivity index (χ1n) is 7.21. The molecule has 0 amide bonds. The Morgan fingerprint density at radius 2 is 2.00 bits per heavy atom. The second kappa shape index (κ2) is 6.29. The van der Waals surface area contributed by atoms with E-state index in [9.17, 15) is 18.0 Å². The SMILES string of the molecule is O=C(ON1c2ccc(Br)cc2CN1C1CCNCC1)C(F)(F)F. The summed E-state index contributed by atoms with van der Waals surface area (Å²) in [5.41, 5.74) is 1.28. The van der Waals surface area contributed by atoms with Crippen LogP contribution in [0.5, 0.6) is 0 Å². The summed E-state index contributed by atoms with van der Waals surface area (Å²) in [7, 11) is 0. The van der Waals surface area contributed by atoms with Crippen LogP contribution >= 0.6 is 15.9 Å². The van der Waals surface area contributed by atoms with Gasteiger partial charge >= 0.3 is 12.1 Å². The number of carbonyl (C=O) groups excluding carboxylic acids is 1. The first-order valence-corrected chi connectivity index (χ1v) is 8.00. The zero-order valence-corrected chi connectivity index (χ0v) is 13.7. The summed E-state index contributed by atoms with van der Waals surface area (Å²) in [5, 5.41) is 5.91. The second-order valence-electron chi connectivity index (χ2n) is 5.50. The van der Waals surface area contributed by atoms with Crippen molar-refractivity contribution in [3.8, 4) is 0 Å². The maximum Gasteiger partial charge on any atom is 0.493 e. The third kappa shape index (κ3) is 3.46. The summed E-state index contributed by atoms with van der Waals surface area (Å²) in [6.07, 6.45) is -3.48. The molecule has 9 heteroatoms. The fourth-order valence-corrected chi connectivity index (χ4v) is 3.27.